The molecule has 2 heterocycles. The number of nitrogens with zero attached hydrogens (tertiary/aromatic N) is 2. The molecule has 1 aromatic rings. The van der Waals surface area contributed by atoms with Gasteiger partial charge in [0.15, 0.2) is 0 Å². The van der Waals surface area contributed by atoms with E-state index in [-0.39, 0.29) is 6.04 Å². The summed E-state index contributed by atoms with van der Waals surface area (Å²) in [5.74, 6) is 1.06. The summed E-state index contributed by atoms with van der Waals surface area (Å²) in [4.78, 5) is 4.86. The zero-order valence-electron chi connectivity index (χ0n) is 9.93. The van der Waals surface area contributed by atoms with E-state index in [1.165, 1.54) is 0 Å². The molecule has 0 spiro atoms. The first-order valence-corrected chi connectivity index (χ1v) is 5.97. The van der Waals surface area contributed by atoms with E-state index in [0.29, 0.717) is 0 Å². The number of rotatable bonds is 4. The SMILES string of the molecule is C[C@@H](N)CN1CCN(Cc2ccco2)CC1. The molecule has 0 saturated carbocycles. The summed E-state index contributed by atoms with van der Waals surface area (Å²) in [7, 11) is 0. The highest BCUT2D eigenvalue weighted by atomic mass is 16.3. The average molecular weight is 223 g/mol. The van der Waals surface area contributed by atoms with E-state index >= 15 is 0 Å². The Morgan fingerprint density at radius 1 is 1.31 bits per heavy atom. The average Bonchev–Trinajstić information content (AvgIpc) is 2.73. The van der Waals surface area contributed by atoms with Gasteiger partial charge in [0.05, 0.1) is 12.8 Å². The lowest BCUT2D eigenvalue weighted by Gasteiger charge is -2.34. The first-order chi connectivity index (χ1) is 7.74. The molecule has 2 rings (SSSR count). The molecular weight excluding hydrogens is 202 g/mol. The van der Waals surface area contributed by atoms with E-state index in [0.717, 1.165) is 45.0 Å². The zero-order valence-corrected chi connectivity index (χ0v) is 9.93. The van der Waals surface area contributed by atoms with Crippen LogP contribution in [-0.2, 0) is 6.54 Å². The third-order valence-electron chi connectivity index (χ3n) is 2.97. The van der Waals surface area contributed by atoms with Crippen molar-refractivity contribution in [3.63, 3.8) is 0 Å². The van der Waals surface area contributed by atoms with Crippen molar-refractivity contribution in [3.05, 3.63) is 24.2 Å². The lowest BCUT2D eigenvalue weighted by atomic mass is 10.2. The molecule has 0 aliphatic carbocycles. The number of hydrogen-bond donors (Lipinski definition) is 1. The summed E-state index contributed by atoms with van der Waals surface area (Å²) in [5.41, 5.74) is 5.80. The Hall–Kier alpha value is -0.840. The van der Waals surface area contributed by atoms with Crippen LogP contribution in [0.3, 0.4) is 0 Å². The lowest BCUT2D eigenvalue weighted by molar-refractivity contribution is 0.117. The second-order valence-corrected chi connectivity index (χ2v) is 4.63. The van der Waals surface area contributed by atoms with Gasteiger partial charge in [0.25, 0.3) is 0 Å². The predicted molar refractivity (Wildman–Crippen MR) is 64.1 cm³/mol. The highest BCUT2D eigenvalue weighted by Gasteiger charge is 2.17. The molecule has 1 aromatic heterocycles. The molecule has 1 aliphatic rings. The largest absolute Gasteiger partial charge is 0.468 e. The van der Waals surface area contributed by atoms with Crippen LogP contribution in [0.1, 0.15) is 12.7 Å². The summed E-state index contributed by atoms with van der Waals surface area (Å²) < 4.78 is 5.35. The predicted octanol–water partition coefficient (Wildman–Crippen LogP) is 0.744. The lowest BCUT2D eigenvalue weighted by Crippen LogP contribution is -2.48. The van der Waals surface area contributed by atoms with Crippen LogP contribution < -0.4 is 5.73 Å². The molecule has 0 amide bonds. The van der Waals surface area contributed by atoms with Crippen molar-refractivity contribution in [1.82, 2.24) is 9.80 Å². The first kappa shape index (κ1) is 11.6. The number of furan rings is 1. The van der Waals surface area contributed by atoms with Crippen molar-refractivity contribution >= 4 is 0 Å². The maximum atomic E-state index is 5.80. The number of hydrogen-bond acceptors (Lipinski definition) is 4. The van der Waals surface area contributed by atoms with E-state index in [1.807, 2.05) is 12.1 Å². The van der Waals surface area contributed by atoms with Crippen molar-refractivity contribution in [3.8, 4) is 0 Å². The van der Waals surface area contributed by atoms with E-state index < -0.39 is 0 Å². The molecule has 1 atom stereocenters. The van der Waals surface area contributed by atoms with Gasteiger partial charge in [-0.25, -0.2) is 0 Å². The van der Waals surface area contributed by atoms with Gasteiger partial charge < -0.3 is 10.2 Å². The van der Waals surface area contributed by atoms with Crippen LogP contribution in [0.15, 0.2) is 22.8 Å². The Morgan fingerprint density at radius 3 is 2.56 bits per heavy atom. The van der Waals surface area contributed by atoms with Crippen molar-refractivity contribution in [1.29, 1.82) is 0 Å². The molecule has 0 bridgehead atoms. The van der Waals surface area contributed by atoms with Gasteiger partial charge in [-0.15, -0.1) is 0 Å². The molecular formula is C12H21N3O. The summed E-state index contributed by atoms with van der Waals surface area (Å²) in [5, 5.41) is 0. The molecule has 1 aliphatic heterocycles. The van der Waals surface area contributed by atoms with Gasteiger partial charge in [0.2, 0.25) is 0 Å². The highest BCUT2D eigenvalue weighted by molar-refractivity contribution is 4.98. The standard InChI is InChI=1S/C12H21N3O/c1-11(13)9-14-4-6-15(7-5-14)10-12-3-2-8-16-12/h2-3,8,11H,4-7,9-10,13H2,1H3/t11-/m1/s1. The minimum atomic E-state index is 0.275. The second kappa shape index (κ2) is 5.48. The van der Waals surface area contributed by atoms with Crippen molar-refractivity contribution in [2.24, 2.45) is 5.73 Å². The van der Waals surface area contributed by atoms with E-state index in [9.17, 15) is 0 Å². The fourth-order valence-electron chi connectivity index (χ4n) is 2.16. The second-order valence-electron chi connectivity index (χ2n) is 4.63. The van der Waals surface area contributed by atoms with Crippen LogP contribution in [0.25, 0.3) is 0 Å². The van der Waals surface area contributed by atoms with Crippen LogP contribution in [0.2, 0.25) is 0 Å². The Morgan fingerprint density at radius 2 is 2.00 bits per heavy atom. The summed E-state index contributed by atoms with van der Waals surface area (Å²) in [6.45, 7) is 8.44. The van der Waals surface area contributed by atoms with Gasteiger partial charge in [0.1, 0.15) is 5.76 Å². The van der Waals surface area contributed by atoms with Crippen LogP contribution in [0.5, 0.6) is 0 Å². The fourth-order valence-corrected chi connectivity index (χ4v) is 2.16. The van der Waals surface area contributed by atoms with Crippen LogP contribution in [0, 0.1) is 0 Å². The topological polar surface area (TPSA) is 45.6 Å². The first-order valence-electron chi connectivity index (χ1n) is 5.97. The third kappa shape index (κ3) is 3.33. The smallest absolute Gasteiger partial charge is 0.117 e. The van der Waals surface area contributed by atoms with Gasteiger partial charge in [0, 0.05) is 38.8 Å². The van der Waals surface area contributed by atoms with Crippen LogP contribution in [0.4, 0.5) is 0 Å². The maximum Gasteiger partial charge on any atom is 0.117 e. The monoisotopic (exact) mass is 223 g/mol. The Kier molecular flexibility index (Phi) is 3.98. The quantitative estimate of drug-likeness (QED) is 0.818. The molecule has 0 aromatic carbocycles. The molecule has 1 saturated heterocycles. The zero-order chi connectivity index (χ0) is 11.4. The normalized spacial score (nSPS) is 21.1. The molecule has 90 valence electrons. The fraction of sp³-hybridized carbons (Fsp3) is 0.667. The van der Waals surface area contributed by atoms with Gasteiger partial charge in [-0.3, -0.25) is 9.80 Å². The third-order valence-corrected chi connectivity index (χ3v) is 2.97. The molecule has 0 radical (unpaired) electrons. The van der Waals surface area contributed by atoms with Gasteiger partial charge in [-0.2, -0.15) is 0 Å². The van der Waals surface area contributed by atoms with E-state index in [1.54, 1.807) is 6.26 Å². The van der Waals surface area contributed by atoms with Crippen molar-refractivity contribution < 1.29 is 4.42 Å². The molecule has 16 heavy (non-hydrogen) atoms. The maximum absolute atomic E-state index is 5.80. The number of piperazine rings is 1. The van der Waals surface area contributed by atoms with Crippen molar-refractivity contribution in [2.45, 2.75) is 19.5 Å². The van der Waals surface area contributed by atoms with Gasteiger partial charge >= 0.3 is 0 Å². The molecule has 4 heteroatoms. The minimum absolute atomic E-state index is 0.275. The highest BCUT2D eigenvalue weighted by Crippen LogP contribution is 2.08. The summed E-state index contributed by atoms with van der Waals surface area (Å²) in [6, 6.07) is 4.26. The summed E-state index contributed by atoms with van der Waals surface area (Å²) in [6.07, 6.45) is 1.74. The van der Waals surface area contributed by atoms with Crippen molar-refractivity contribution in [2.75, 3.05) is 32.7 Å². The molecule has 4 nitrogen and oxygen atoms in total. The molecule has 2 N–H and O–H groups in total. The number of nitrogens with two attached hydrogens (primary N) is 1. The van der Waals surface area contributed by atoms with E-state index in [2.05, 4.69) is 16.7 Å². The van der Waals surface area contributed by atoms with E-state index in [4.69, 9.17) is 10.2 Å². The Balaban J connectivity index is 1.73. The molecule has 1 fully saturated rings. The minimum Gasteiger partial charge on any atom is -0.468 e. The Bertz CT molecular complexity index is 289. The van der Waals surface area contributed by atoms with Crippen LogP contribution in [-0.4, -0.2) is 48.6 Å². The van der Waals surface area contributed by atoms with Gasteiger partial charge in [-0.1, -0.05) is 0 Å². The molecule has 0 unspecified atom stereocenters. The summed E-state index contributed by atoms with van der Waals surface area (Å²) >= 11 is 0. The Labute approximate surface area is 97.0 Å². The van der Waals surface area contributed by atoms with Gasteiger partial charge in [-0.05, 0) is 19.1 Å². The van der Waals surface area contributed by atoms with Crippen LogP contribution >= 0.6 is 0 Å².